The van der Waals surface area contributed by atoms with E-state index < -0.39 is 47.5 Å². The molecule has 6 aromatic rings. The summed E-state index contributed by atoms with van der Waals surface area (Å²) in [7, 11) is 0. The second-order valence-electron chi connectivity index (χ2n) is 21.2. The molecule has 2 aliphatic rings. The number of thiazole rings is 1. The number of carbonyl (C=O) groups excluding carboxylic acids is 6. The van der Waals surface area contributed by atoms with Gasteiger partial charge in [0.15, 0.2) is 5.11 Å². The number of nitrogens with one attached hydrogen (secondary N) is 2. The van der Waals surface area contributed by atoms with Gasteiger partial charge in [-0.15, -0.1) is 0 Å². The zero-order valence-corrected chi connectivity index (χ0v) is 50.3. The van der Waals surface area contributed by atoms with Crippen molar-refractivity contribution >= 4 is 85.5 Å². The van der Waals surface area contributed by atoms with Gasteiger partial charge in [-0.3, -0.25) is 19.2 Å². The zero-order chi connectivity index (χ0) is 61.2. The Hall–Kier alpha value is -8.46. The Morgan fingerprint density at radius 3 is 1.43 bits per heavy atom. The van der Waals surface area contributed by atoms with Crippen LogP contribution in [0.4, 0.5) is 10.8 Å². The number of nitrogens with zero attached hydrogens (tertiary/aromatic N) is 2. The number of hydrazine groups is 1. The Balaban J connectivity index is 0.846. The van der Waals surface area contributed by atoms with Crippen LogP contribution in [-0.4, -0.2) is 72.3 Å². The summed E-state index contributed by atoms with van der Waals surface area (Å²) >= 11 is 7.41. The molecule has 0 saturated heterocycles. The van der Waals surface area contributed by atoms with Crippen molar-refractivity contribution in [3.05, 3.63) is 152 Å². The summed E-state index contributed by atoms with van der Waals surface area (Å²) in [5.74, 6) is -1.62. The van der Waals surface area contributed by atoms with Gasteiger partial charge in [0, 0.05) is 29.9 Å². The van der Waals surface area contributed by atoms with E-state index in [4.69, 9.17) is 55.1 Å². The highest BCUT2D eigenvalue weighted by Gasteiger charge is 2.34. The highest BCUT2D eigenvalue weighted by atomic mass is 32.1. The number of thiocarbonyl (C=S) groups is 1. The number of esters is 6. The summed E-state index contributed by atoms with van der Waals surface area (Å²) in [5, 5.41) is 5.80. The molecule has 1 aromatic heterocycles. The van der Waals surface area contributed by atoms with E-state index in [1.165, 1.54) is 11.3 Å². The minimum atomic E-state index is -0.491. The Bertz CT molecular complexity index is 3230. The van der Waals surface area contributed by atoms with Crippen molar-refractivity contribution in [1.29, 1.82) is 0 Å². The molecule has 2 saturated carbocycles. The molecular weight excluding hydrogens is 1150 g/mol. The maximum absolute atomic E-state index is 14.1. The number of hydrogen-bond donors (Lipinski definition) is 2. The van der Waals surface area contributed by atoms with Crippen LogP contribution in [0.3, 0.4) is 0 Å². The van der Waals surface area contributed by atoms with Crippen LogP contribution in [0.1, 0.15) is 108 Å². The highest BCUT2D eigenvalue weighted by Crippen LogP contribution is 2.36. The van der Waals surface area contributed by atoms with Crippen molar-refractivity contribution in [2.24, 2.45) is 23.7 Å². The van der Waals surface area contributed by atoms with E-state index in [9.17, 15) is 28.8 Å². The van der Waals surface area contributed by atoms with Gasteiger partial charge in [0.05, 0.1) is 60.3 Å². The number of aromatic nitrogens is 1. The fraction of sp³-hybridized carbons (Fsp3) is 0.373. The van der Waals surface area contributed by atoms with Gasteiger partial charge in [-0.25, -0.2) is 25.0 Å². The van der Waals surface area contributed by atoms with Gasteiger partial charge in [-0.05, 0) is 206 Å². The third-order valence-corrected chi connectivity index (χ3v) is 16.2. The monoisotopic (exact) mass is 1220 g/mol. The standard InChI is InChI=1S/C67H74N4O14S2/c1-3-60(72)80-42-16-7-5-14-40-78-52-30-34-54(35-31-52)82-62(74)46-22-24-48(25-23-46)64(76)84-56-38-39-58(50(44-56)45-68-71(66(86)69-51-18-10-9-11-19-51)67-70-57-20-12-13-21-59(57)87-67)85-65(77)49-28-26-47(27-29-49)63(75)83-55-36-32-53(33-37-55)79-41-15-6-8-17-43-81-61(73)4-2/h3-4,9-13,18-21,30-39,44,46-49,68H,1-2,5-8,14-17,22-29,40-43,45H2,(H,69,86). The number of fused-ring (bicyclic) bond motifs is 1. The molecule has 1 heterocycles. The van der Waals surface area contributed by atoms with Crippen LogP contribution in [-0.2, 0) is 44.8 Å². The fourth-order valence-corrected chi connectivity index (χ4v) is 11.3. The third-order valence-electron chi connectivity index (χ3n) is 14.9. The molecule has 20 heteroatoms. The minimum Gasteiger partial charge on any atom is -0.494 e. The minimum absolute atomic E-state index is 0.0480. The Morgan fingerprint density at radius 1 is 0.517 bits per heavy atom. The van der Waals surface area contributed by atoms with Crippen molar-refractivity contribution in [3.63, 3.8) is 0 Å². The van der Waals surface area contributed by atoms with Gasteiger partial charge in [0.1, 0.15) is 34.5 Å². The molecule has 0 unspecified atom stereocenters. The number of ether oxygens (including phenoxy) is 8. The summed E-state index contributed by atoms with van der Waals surface area (Å²) in [5.41, 5.74) is 5.43. The maximum atomic E-state index is 14.1. The second-order valence-corrected chi connectivity index (χ2v) is 22.6. The van der Waals surface area contributed by atoms with E-state index in [1.54, 1.807) is 71.7 Å². The Morgan fingerprint density at radius 2 is 0.943 bits per heavy atom. The summed E-state index contributed by atoms with van der Waals surface area (Å²) in [6.07, 6.45) is 12.6. The molecule has 2 fully saturated rings. The van der Waals surface area contributed by atoms with E-state index in [-0.39, 0.29) is 30.0 Å². The van der Waals surface area contributed by atoms with Crippen LogP contribution in [0.25, 0.3) is 10.2 Å². The smallest absolute Gasteiger partial charge is 0.330 e. The Kier molecular flexibility index (Phi) is 25.2. The first-order chi connectivity index (χ1) is 42.4. The normalized spacial score (nSPS) is 16.3. The van der Waals surface area contributed by atoms with Crippen LogP contribution < -0.4 is 44.2 Å². The maximum Gasteiger partial charge on any atom is 0.330 e. The largest absolute Gasteiger partial charge is 0.494 e. The molecule has 2 N–H and O–H groups in total. The summed E-state index contributed by atoms with van der Waals surface area (Å²) in [6, 6.07) is 35.9. The number of para-hydroxylation sites is 2. The predicted molar refractivity (Wildman–Crippen MR) is 335 cm³/mol. The van der Waals surface area contributed by atoms with Crippen LogP contribution in [0.15, 0.2) is 147 Å². The van der Waals surface area contributed by atoms with Gasteiger partial charge in [-0.2, -0.15) is 0 Å². The molecule has 0 spiro atoms. The molecule has 18 nitrogen and oxygen atoms in total. The molecule has 0 atom stereocenters. The molecule has 0 aliphatic heterocycles. The van der Waals surface area contributed by atoms with E-state index >= 15 is 0 Å². The SMILES string of the molecule is C=CC(=O)OCCCCCCOc1ccc(OC(=O)C2CCC(C(=O)Oc3ccc(OC(=O)C4CCC(C(=O)Oc5ccc(OCCCCCCOC(=O)C=C)cc5)CC4)c(CNN(C(=S)Nc4ccccc4)c4nc5ccccc5s4)c3)CC2)cc1. The molecule has 8 rings (SSSR count). The van der Waals surface area contributed by atoms with Crippen molar-refractivity contribution in [2.45, 2.75) is 109 Å². The molecule has 5 aromatic carbocycles. The van der Waals surface area contributed by atoms with Crippen molar-refractivity contribution < 1.29 is 66.7 Å². The lowest BCUT2D eigenvalue weighted by Gasteiger charge is -2.27. The molecule has 2 aliphatic carbocycles. The number of carbonyl (C=O) groups is 6. The summed E-state index contributed by atoms with van der Waals surface area (Å²) in [4.78, 5) is 81.8. The lowest BCUT2D eigenvalue weighted by molar-refractivity contribution is -0.145. The van der Waals surface area contributed by atoms with Crippen molar-refractivity contribution in [1.82, 2.24) is 10.4 Å². The van der Waals surface area contributed by atoms with Gasteiger partial charge < -0.3 is 43.2 Å². The molecule has 87 heavy (non-hydrogen) atoms. The number of hydrogen-bond acceptors (Lipinski definition) is 18. The van der Waals surface area contributed by atoms with Crippen molar-refractivity contribution in [3.8, 4) is 34.5 Å². The van der Waals surface area contributed by atoms with Crippen LogP contribution in [0.2, 0.25) is 0 Å². The van der Waals surface area contributed by atoms with Crippen molar-refractivity contribution in [2.75, 3.05) is 36.8 Å². The average Bonchev–Trinajstić information content (AvgIpc) is 4.09. The van der Waals surface area contributed by atoms with Crippen LogP contribution in [0, 0.1) is 23.7 Å². The Labute approximate surface area is 516 Å². The van der Waals surface area contributed by atoms with E-state index in [0.717, 1.165) is 79.4 Å². The number of anilines is 2. The lowest BCUT2D eigenvalue weighted by Crippen LogP contribution is -2.45. The number of rotatable bonds is 31. The highest BCUT2D eigenvalue weighted by molar-refractivity contribution is 7.80. The van der Waals surface area contributed by atoms with Gasteiger partial charge in [0.25, 0.3) is 0 Å². The van der Waals surface area contributed by atoms with Gasteiger partial charge in [0.2, 0.25) is 5.13 Å². The second kappa shape index (κ2) is 34.0. The molecule has 458 valence electrons. The lowest BCUT2D eigenvalue weighted by atomic mass is 9.82. The van der Waals surface area contributed by atoms with E-state index in [0.29, 0.717) is 117 Å². The van der Waals surface area contributed by atoms with Gasteiger partial charge in [-0.1, -0.05) is 54.8 Å². The van der Waals surface area contributed by atoms with Crippen LogP contribution >= 0.6 is 23.6 Å². The summed E-state index contributed by atoms with van der Waals surface area (Å²) in [6.45, 7) is 8.61. The molecule has 0 radical (unpaired) electrons. The quantitative estimate of drug-likeness (QED) is 0.0103. The predicted octanol–water partition coefficient (Wildman–Crippen LogP) is 13.2. The molecular formula is C67H74N4O14S2. The average molecular weight is 1220 g/mol. The molecule has 0 amide bonds. The first kappa shape index (κ1) is 64.5. The van der Waals surface area contributed by atoms with E-state index in [2.05, 4.69) is 23.9 Å². The van der Waals surface area contributed by atoms with E-state index in [1.807, 2.05) is 54.6 Å². The number of benzene rings is 5. The number of unbranched alkanes of at least 4 members (excludes halogenated alkanes) is 6. The van der Waals surface area contributed by atoms with Crippen LogP contribution in [0.5, 0.6) is 34.5 Å². The first-order valence-corrected chi connectivity index (χ1v) is 30.9. The van der Waals surface area contributed by atoms with Gasteiger partial charge >= 0.3 is 35.8 Å². The fourth-order valence-electron chi connectivity index (χ4n) is 9.99. The topological polar surface area (TPSA) is 216 Å². The summed E-state index contributed by atoms with van der Waals surface area (Å²) < 4.78 is 46.4. The zero-order valence-electron chi connectivity index (χ0n) is 48.7. The first-order valence-electron chi connectivity index (χ1n) is 29.7. The third kappa shape index (κ3) is 20.6. The molecule has 0 bridgehead atoms.